The minimum Gasteiger partial charge on any atom is -0.497 e. The number of Topliss-reactive ketones (excluding diaryl/α,β-unsaturated/α-hetero) is 1. The number of fused-ring (bicyclic) bond motifs is 3. The van der Waals surface area contributed by atoms with E-state index in [0.29, 0.717) is 35.6 Å². The largest absolute Gasteiger partial charge is 0.497 e. The second-order valence-electron chi connectivity index (χ2n) is 17.0. The predicted octanol–water partition coefficient (Wildman–Crippen LogP) is 9.75. The molecule has 0 radical (unpaired) electrons. The van der Waals surface area contributed by atoms with Crippen LogP contribution in [0.2, 0.25) is 0 Å². The van der Waals surface area contributed by atoms with Crippen molar-refractivity contribution in [1.82, 2.24) is 9.88 Å². The number of aromatic nitrogens is 1. The molecule has 12 heteroatoms. The van der Waals surface area contributed by atoms with Crippen LogP contribution in [0.3, 0.4) is 0 Å². The molecule has 4 heterocycles. The maximum Gasteiger partial charge on any atom is 0.306 e. The highest BCUT2D eigenvalue weighted by molar-refractivity contribution is 7.59. The molecule has 8 rings (SSSR count). The average molecular weight is 827 g/mol. The summed E-state index contributed by atoms with van der Waals surface area (Å²) in [5.74, 6) is -0.251. The van der Waals surface area contributed by atoms with Crippen LogP contribution in [0.1, 0.15) is 101 Å². The van der Waals surface area contributed by atoms with Crippen LogP contribution in [0, 0.1) is 11.8 Å². The average Bonchev–Trinajstić information content (AvgIpc) is 3.68. The minimum atomic E-state index is -3.83. The number of carbonyl (C=O) groups is 3. The Balaban J connectivity index is 1.12. The molecule has 4 fully saturated rings. The first kappa shape index (κ1) is 40.7. The zero-order valence-electron chi connectivity index (χ0n) is 33.4. The van der Waals surface area contributed by atoms with E-state index in [1.807, 2.05) is 72.1 Å². The van der Waals surface area contributed by atoms with E-state index in [2.05, 4.69) is 0 Å². The summed E-state index contributed by atoms with van der Waals surface area (Å²) >= 11 is 1.46. The number of hydrogen-bond donors (Lipinski definition) is 1. The van der Waals surface area contributed by atoms with Crippen LogP contribution in [0.25, 0.3) is 22.2 Å². The van der Waals surface area contributed by atoms with Gasteiger partial charge in [0.1, 0.15) is 23.7 Å². The fourth-order valence-corrected chi connectivity index (χ4v) is 13.5. The van der Waals surface area contributed by atoms with Gasteiger partial charge in [0.05, 0.1) is 48.6 Å². The molecular weight excluding hydrogens is 772 g/mol. The molecule has 0 spiro atoms. The van der Waals surface area contributed by atoms with Gasteiger partial charge in [-0.15, -0.1) is 11.3 Å². The number of pyridine rings is 1. The Morgan fingerprint density at radius 2 is 1.69 bits per heavy atom. The van der Waals surface area contributed by atoms with E-state index >= 15 is 0 Å². The monoisotopic (exact) mass is 826 g/mol. The van der Waals surface area contributed by atoms with Crippen LogP contribution in [0.5, 0.6) is 11.5 Å². The fraction of sp³-hybridized carbons (Fsp3) is 0.522. The number of methoxy groups -OCH3 is 1. The zero-order chi connectivity index (χ0) is 40.3. The Kier molecular flexibility index (Phi) is 12.4. The maximum absolute atomic E-state index is 14.9. The smallest absolute Gasteiger partial charge is 0.306 e. The van der Waals surface area contributed by atoms with Gasteiger partial charge in [0.15, 0.2) is 5.78 Å². The molecule has 0 bridgehead atoms. The predicted molar refractivity (Wildman–Crippen MR) is 225 cm³/mol. The second-order valence-corrected chi connectivity index (χ2v) is 20.6. The summed E-state index contributed by atoms with van der Waals surface area (Å²) in [7, 11) is -2.21. The summed E-state index contributed by atoms with van der Waals surface area (Å²) in [6.07, 6.45) is 9.73. The number of amides is 1. The van der Waals surface area contributed by atoms with Gasteiger partial charge in [-0.1, -0.05) is 68.5 Å². The normalized spacial score (nSPS) is 26.9. The second kappa shape index (κ2) is 17.7. The summed E-state index contributed by atoms with van der Waals surface area (Å²) in [6, 6.07) is 20.3. The van der Waals surface area contributed by atoms with Crippen molar-refractivity contribution < 1.29 is 38.1 Å². The summed E-state index contributed by atoms with van der Waals surface area (Å²) in [4.78, 5) is 62.4. The number of hydrogen-bond acceptors (Lipinski definition) is 9. The third-order valence-electron chi connectivity index (χ3n) is 13.1. The van der Waals surface area contributed by atoms with E-state index in [0.717, 1.165) is 80.0 Å². The molecule has 2 aliphatic carbocycles. The molecule has 1 amide bonds. The minimum absolute atomic E-state index is 0.0235. The lowest BCUT2D eigenvalue weighted by Crippen LogP contribution is -2.45. The van der Waals surface area contributed by atoms with Gasteiger partial charge in [0.2, 0.25) is 13.3 Å². The third-order valence-corrected chi connectivity index (χ3v) is 17.0. The highest BCUT2D eigenvalue weighted by Crippen LogP contribution is 2.75. The van der Waals surface area contributed by atoms with Crippen molar-refractivity contribution in [3.63, 3.8) is 0 Å². The van der Waals surface area contributed by atoms with Gasteiger partial charge in [0, 0.05) is 46.7 Å². The van der Waals surface area contributed by atoms with Crippen molar-refractivity contribution >= 4 is 47.3 Å². The molecule has 4 aliphatic rings. The van der Waals surface area contributed by atoms with Gasteiger partial charge in [-0.2, -0.15) is 0 Å². The van der Waals surface area contributed by atoms with Gasteiger partial charge in [0.25, 0.3) is 0 Å². The highest BCUT2D eigenvalue weighted by atomic mass is 32.1. The van der Waals surface area contributed by atoms with Crippen molar-refractivity contribution in [1.29, 1.82) is 0 Å². The van der Waals surface area contributed by atoms with E-state index in [-0.39, 0.29) is 61.7 Å². The third kappa shape index (κ3) is 8.92. The Labute approximate surface area is 345 Å². The van der Waals surface area contributed by atoms with Crippen LogP contribution in [-0.4, -0.2) is 69.5 Å². The van der Waals surface area contributed by atoms with E-state index in [1.54, 1.807) is 12.0 Å². The SMILES string of the molecule is COc1ccc2c(O[C@@H]3C[C@H]4C(=O)C[C@]5(P(=O)(O)Cc6cccs6)C[C@@H]5CCCCCCC[C@H](CC(=O)OC5CCCC5)C(=O)N4C3)cc(-c3ccccc3)nc2c1. The van der Waals surface area contributed by atoms with Gasteiger partial charge in [-0.05, 0) is 74.4 Å². The number of nitrogens with zero attached hydrogens (tertiary/aromatic N) is 2. The van der Waals surface area contributed by atoms with Crippen LogP contribution in [-0.2, 0) is 29.8 Å². The van der Waals surface area contributed by atoms with E-state index in [4.69, 9.17) is 19.2 Å². The first-order chi connectivity index (χ1) is 28.1. The number of benzene rings is 2. The molecule has 1 unspecified atom stereocenters. The number of ketones is 1. The van der Waals surface area contributed by atoms with E-state index in [1.165, 1.54) is 11.3 Å². The first-order valence-electron chi connectivity index (χ1n) is 21.2. The molecule has 58 heavy (non-hydrogen) atoms. The summed E-state index contributed by atoms with van der Waals surface area (Å²) in [6.45, 7) is 0.145. The highest BCUT2D eigenvalue weighted by Gasteiger charge is 2.65. The number of rotatable bonds is 10. The van der Waals surface area contributed by atoms with Gasteiger partial charge in [-0.3, -0.25) is 18.9 Å². The summed E-state index contributed by atoms with van der Waals surface area (Å²) in [5, 5.41) is 1.66. The molecule has 1 N–H and O–H groups in total. The molecule has 2 saturated heterocycles. The molecule has 2 aromatic heterocycles. The molecule has 4 aromatic rings. The number of thiophene rings is 1. The molecule has 6 atom stereocenters. The van der Waals surface area contributed by atoms with Crippen LogP contribution in [0.15, 0.2) is 72.1 Å². The molecule has 2 aliphatic heterocycles. The van der Waals surface area contributed by atoms with Gasteiger partial charge < -0.3 is 24.0 Å². The Morgan fingerprint density at radius 3 is 2.45 bits per heavy atom. The molecule has 10 nitrogen and oxygen atoms in total. The first-order valence-corrected chi connectivity index (χ1v) is 23.9. The number of ether oxygens (including phenoxy) is 3. The summed E-state index contributed by atoms with van der Waals surface area (Å²) < 4.78 is 32.7. The molecular formula is C46H55N2O8PS. The van der Waals surface area contributed by atoms with Crippen LogP contribution >= 0.6 is 18.7 Å². The molecule has 2 saturated carbocycles. The summed E-state index contributed by atoms with van der Waals surface area (Å²) in [5.41, 5.74) is 2.31. The van der Waals surface area contributed by atoms with Crippen molar-refractivity contribution in [2.24, 2.45) is 11.8 Å². The van der Waals surface area contributed by atoms with Gasteiger partial charge >= 0.3 is 5.97 Å². The lowest BCUT2D eigenvalue weighted by Gasteiger charge is -2.30. The maximum atomic E-state index is 14.9. The van der Waals surface area contributed by atoms with Gasteiger partial charge in [-0.25, -0.2) is 4.98 Å². The molecule has 308 valence electrons. The topological polar surface area (TPSA) is 132 Å². The quantitative estimate of drug-likeness (QED) is 0.123. The lowest BCUT2D eigenvalue weighted by molar-refractivity contribution is -0.154. The van der Waals surface area contributed by atoms with Crippen LogP contribution < -0.4 is 9.47 Å². The molecule has 2 aromatic carbocycles. The zero-order valence-corrected chi connectivity index (χ0v) is 35.1. The Hall–Kier alpha value is -4.05. The fourth-order valence-electron chi connectivity index (χ4n) is 9.77. The number of carbonyl (C=O) groups excluding carboxylic acids is 3. The van der Waals surface area contributed by atoms with Crippen molar-refractivity contribution in [2.45, 2.75) is 126 Å². The van der Waals surface area contributed by atoms with Crippen molar-refractivity contribution in [3.8, 4) is 22.8 Å². The lowest BCUT2D eigenvalue weighted by atomic mass is 9.94. The van der Waals surface area contributed by atoms with Crippen LogP contribution in [0.4, 0.5) is 0 Å². The van der Waals surface area contributed by atoms with E-state index < -0.39 is 30.6 Å². The van der Waals surface area contributed by atoms with Crippen molar-refractivity contribution in [3.05, 3.63) is 77.0 Å². The Bertz CT molecular complexity index is 2140. The standard InChI is InChI=1S/C46H55N2O8PS/c1-54-35-20-21-38-40(24-35)47-39(31-13-7-5-8-14-31)26-43(38)55-36-25-41-42(49)28-46(57(52,53)30-37-19-12-22-58-37)27-33(46)16-9-4-2-3-6-15-32(45(51)48(41)29-36)23-44(50)56-34-17-10-11-18-34/h5,7-8,12-14,19-22,24,26,32-34,36,41H,2-4,6,9-11,15-18,23,25,27-30H2,1H3,(H,52,53)/t32-,33+,36-,41+,46-/m1/s1. The number of esters is 1. The Morgan fingerprint density at radius 1 is 0.931 bits per heavy atom. The van der Waals surface area contributed by atoms with Crippen molar-refractivity contribution in [2.75, 3.05) is 13.7 Å². The van der Waals surface area contributed by atoms with E-state index in [9.17, 15) is 23.8 Å².